The molecule has 0 aromatic carbocycles. The molecular formula is C10H14ClNO3. The zero-order chi connectivity index (χ0) is 11.0. The number of nitrogens with zero attached hydrogens (tertiary/aromatic N) is 1. The maximum absolute atomic E-state index is 11.6. The summed E-state index contributed by atoms with van der Waals surface area (Å²) in [6, 6.07) is -0.145. The van der Waals surface area contributed by atoms with Crippen molar-refractivity contribution in [3.63, 3.8) is 0 Å². The second-order valence-electron chi connectivity index (χ2n) is 3.98. The average Bonchev–Trinajstić information content (AvgIpc) is 2.54. The number of carbonyl (C=O) groups is 2. The first-order chi connectivity index (χ1) is 7.15. The minimum Gasteiger partial charge on any atom is -0.450 e. The molecule has 2 fully saturated rings. The molecule has 2 heterocycles. The number of halogens is 1. The van der Waals surface area contributed by atoms with Crippen molar-refractivity contribution in [2.24, 2.45) is 0 Å². The van der Waals surface area contributed by atoms with E-state index in [9.17, 15) is 9.59 Å². The van der Waals surface area contributed by atoms with Crippen LogP contribution >= 0.6 is 11.6 Å². The summed E-state index contributed by atoms with van der Waals surface area (Å²) in [6.07, 6.45) is 1.72. The number of carbonyl (C=O) groups excluding carboxylic acids is 2. The van der Waals surface area contributed by atoms with Gasteiger partial charge in [0.05, 0.1) is 12.6 Å². The molecule has 0 aromatic rings. The van der Waals surface area contributed by atoms with Crippen LogP contribution in [0.2, 0.25) is 0 Å². The molecule has 0 radical (unpaired) electrons. The van der Waals surface area contributed by atoms with Gasteiger partial charge >= 0.3 is 6.09 Å². The highest BCUT2D eigenvalue weighted by molar-refractivity contribution is 6.32. The van der Waals surface area contributed by atoms with E-state index in [1.165, 1.54) is 0 Å². The molecule has 3 atom stereocenters. The van der Waals surface area contributed by atoms with Crippen molar-refractivity contribution in [2.45, 2.75) is 43.6 Å². The minimum atomic E-state index is -0.548. The molecule has 0 saturated carbocycles. The van der Waals surface area contributed by atoms with Crippen molar-refractivity contribution < 1.29 is 14.3 Å². The van der Waals surface area contributed by atoms with E-state index in [0.717, 1.165) is 12.8 Å². The summed E-state index contributed by atoms with van der Waals surface area (Å²) in [4.78, 5) is 24.8. The highest BCUT2D eigenvalue weighted by Crippen LogP contribution is 2.36. The quantitative estimate of drug-likeness (QED) is 0.644. The lowest BCUT2D eigenvalue weighted by molar-refractivity contribution is -0.122. The molecule has 84 valence electrons. The van der Waals surface area contributed by atoms with Crippen molar-refractivity contribution in [1.82, 2.24) is 4.90 Å². The van der Waals surface area contributed by atoms with Gasteiger partial charge in [0, 0.05) is 12.5 Å². The van der Waals surface area contributed by atoms with E-state index < -0.39 is 5.38 Å². The highest BCUT2D eigenvalue weighted by atomic mass is 35.5. The van der Waals surface area contributed by atoms with Crippen LogP contribution in [-0.2, 0) is 9.53 Å². The summed E-state index contributed by atoms with van der Waals surface area (Å²) < 4.78 is 4.96. The molecular weight excluding hydrogens is 218 g/mol. The molecule has 0 spiro atoms. The maximum Gasteiger partial charge on any atom is 0.410 e. The number of piperidine rings is 1. The summed E-state index contributed by atoms with van der Waals surface area (Å²) >= 11 is 6.00. The largest absolute Gasteiger partial charge is 0.450 e. The molecule has 4 nitrogen and oxygen atoms in total. The second-order valence-corrected chi connectivity index (χ2v) is 4.45. The van der Waals surface area contributed by atoms with Crippen molar-refractivity contribution in [3.05, 3.63) is 0 Å². The van der Waals surface area contributed by atoms with Crippen LogP contribution in [-0.4, -0.2) is 40.8 Å². The summed E-state index contributed by atoms with van der Waals surface area (Å²) in [5, 5.41) is -0.548. The van der Waals surface area contributed by atoms with Crippen LogP contribution in [0.4, 0.5) is 4.79 Å². The molecule has 2 aliphatic rings. The van der Waals surface area contributed by atoms with E-state index in [2.05, 4.69) is 0 Å². The fourth-order valence-corrected chi connectivity index (χ4v) is 2.78. The molecule has 2 rings (SSSR count). The van der Waals surface area contributed by atoms with Gasteiger partial charge in [0.15, 0.2) is 5.78 Å². The maximum atomic E-state index is 11.6. The van der Waals surface area contributed by atoms with Gasteiger partial charge in [0.25, 0.3) is 0 Å². The monoisotopic (exact) mass is 231 g/mol. The number of Topliss-reactive ketones (excluding diaryl/α,β-unsaturated/α-hetero) is 1. The molecule has 0 unspecified atom stereocenters. The molecule has 15 heavy (non-hydrogen) atoms. The topological polar surface area (TPSA) is 46.6 Å². The first kappa shape index (κ1) is 10.7. The highest BCUT2D eigenvalue weighted by Gasteiger charge is 2.48. The fraction of sp³-hybridized carbons (Fsp3) is 0.800. The van der Waals surface area contributed by atoms with Crippen molar-refractivity contribution in [3.8, 4) is 0 Å². The number of fused-ring (bicyclic) bond motifs is 2. The Morgan fingerprint density at radius 3 is 3.00 bits per heavy atom. The van der Waals surface area contributed by atoms with Crippen LogP contribution in [0, 0.1) is 0 Å². The number of hydrogen-bond acceptors (Lipinski definition) is 3. The number of hydrogen-bond donors (Lipinski definition) is 0. The Kier molecular flexibility index (Phi) is 2.87. The molecule has 2 bridgehead atoms. The Balaban J connectivity index is 2.14. The van der Waals surface area contributed by atoms with Crippen LogP contribution in [0.3, 0.4) is 0 Å². The van der Waals surface area contributed by atoms with Crippen LogP contribution in [0.25, 0.3) is 0 Å². The molecule has 0 N–H and O–H groups in total. The third-order valence-electron chi connectivity index (χ3n) is 3.11. The van der Waals surface area contributed by atoms with Crippen LogP contribution in [0.5, 0.6) is 0 Å². The summed E-state index contributed by atoms with van der Waals surface area (Å²) in [6.45, 7) is 2.13. The van der Waals surface area contributed by atoms with E-state index in [-0.39, 0.29) is 24.0 Å². The first-order valence-corrected chi connectivity index (χ1v) is 5.70. The van der Waals surface area contributed by atoms with E-state index in [0.29, 0.717) is 13.0 Å². The van der Waals surface area contributed by atoms with Gasteiger partial charge < -0.3 is 4.74 Å². The van der Waals surface area contributed by atoms with Gasteiger partial charge in [0.2, 0.25) is 0 Å². The van der Waals surface area contributed by atoms with Gasteiger partial charge in [-0.2, -0.15) is 0 Å². The lowest BCUT2D eigenvalue weighted by atomic mass is 10.0. The molecule has 0 aliphatic carbocycles. The van der Waals surface area contributed by atoms with Gasteiger partial charge in [-0.3, -0.25) is 9.69 Å². The number of ketones is 1. The Morgan fingerprint density at radius 2 is 2.33 bits per heavy atom. The van der Waals surface area contributed by atoms with E-state index >= 15 is 0 Å². The number of ether oxygens (including phenoxy) is 1. The summed E-state index contributed by atoms with van der Waals surface area (Å²) in [5.74, 6) is 0.0599. The van der Waals surface area contributed by atoms with Crippen molar-refractivity contribution in [1.29, 1.82) is 0 Å². The summed E-state index contributed by atoms with van der Waals surface area (Å²) in [5.41, 5.74) is 0. The van der Waals surface area contributed by atoms with Crippen LogP contribution < -0.4 is 0 Å². The Labute approximate surface area is 93.5 Å². The van der Waals surface area contributed by atoms with Gasteiger partial charge in [-0.05, 0) is 19.8 Å². The Morgan fingerprint density at radius 1 is 1.60 bits per heavy atom. The Hall–Kier alpha value is -0.770. The number of alkyl halides is 1. The predicted molar refractivity (Wildman–Crippen MR) is 54.9 cm³/mol. The van der Waals surface area contributed by atoms with Crippen LogP contribution in [0.15, 0.2) is 0 Å². The third-order valence-corrected chi connectivity index (χ3v) is 3.64. The van der Waals surface area contributed by atoms with Crippen LogP contribution in [0.1, 0.15) is 26.2 Å². The average molecular weight is 232 g/mol. The molecule has 2 aliphatic heterocycles. The Bertz CT molecular complexity index is 294. The van der Waals surface area contributed by atoms with Crippen molar-refractivity contribution >= 4 is 23.5 Å². The SMILES string of the molecule is CCOC(=O)N1[C@H]2CC[C@@H]1[C@@H](Cl)C(=O)C2. The zero-order valence-corrected chi connectivity index (χ0v) is 9.37. The lowest BCUT2D eigenvalue weighted by Crippen LogP contribution is -2.52. The smallest absolute Gasteiger partial charge is 0.410 e. The first-order valence-electron chi connectivity index (χ1n) is 5.27. The standard InChI is InChI=1S/C10H14ClNO3/c1-2-15-10(14)12-6-3-4-7(12)9(11)8(13)5-6/h6-7,9H,2-5H2,1H3/t6-,7+,9+/m0/s1. The normalized spacial score (nSPS) is 34.4. The lowest BCUT2D eigenvalue weighted by Gasteiger charge is -2.35. The van der Waals surface area contributed by atoms with Gasteiger partial charge in [-0.1, -0.05) is 0 Å². The molecule has 2 saturated heterocycles. The molecule has 5 heteroatoms. The van der Waals surface area contributed by atoms with E-state index in [1.54, 1.807) is 11.8 Å². The van der Waals surface area contributed by atoms with Crippen molar-refractivity contribution in [2.75, 3.05) is 6.61 Å². The van der Waals surface area contributed by atoms with E-state index in [1.807, 2.05) is 0 Å². The predicted octanol–water partition coefficient (Wildman–Crippen LogP) is 1.56. The third kappa shape index (κ3) is 1.71. The summed E-state index contributed by atoms with van der Waals surface area (Å²) in [7, 11) is 0. The van der Waals surface area contributed by atoms with E-state index in [4.69, 9.17) is 16.3 Å². The fourth-order valence-electron chi connectivity index (χ4n) is 2.44. The number of amides is 1. The minimum absolute atomic E-state index is 0.0107. The van der Waals surface area contributed by atoms with Gasteiger partial charge in [-0.25, -0.2) is 4.79 Å². The molecule has 0 aromatic heterocycles. The molecule has 1 amide bonds. The second kappa shape index (κ2) is 4.00. The van der Waals surface area contributed by atoms with Gasteiger partial charge in [-0.15, -0.1) is 11.6 Å². The zero-order valence-electron chi connectivity index (χ0n) is 8.61. The van der Waals surface area contributed by atoms with Gasteiger partial charge in [0.1, 0.15) is 5.38 Å². The number of rotatable bonds is 1.